The van der Waals surface area contributed by atoms with E-state index in [1.807, 2.05) is 54.4 Å². The van der Waals surface area contributed by atoms with E-state index in [1.165, 1.54) is 18.2 Å². The second-order valence-electron chi connectivity index (χ2n) is 14.6. The molecule has 0 saturated carbocycles. The number of hydrogen-bond donors (Lipinski definition) is 0. The summed E-state index contributed by atoms with van der Waals surface area (Å²) in [4.78, 5) is 10.7. The quantitative estimate of drug-likeness (QED) is 0.158. The van der Waals surface area contributed by atoms with Crippen LogP contribution in [0.5, 0.6) is 34.8 Å². The highest BCUT2D eigenvalue weighted by atomic mass is 19.1. The van der Waals surface area contributed by atoms with Crippen molar-refractivity contribution in [3.8, 4) is 40.8 Å². The van der Waals surface area contributed by atoms with Crippen molar-refractivity contribution in [3.63, 3.8) is 0 Å². The van der Waals surface area contributed by atoms with E-state index in [9.17, 15) is 5.26 Å². The number of hydrogen-bond acceptors (Lipinski definition) is 13. The lowest BCUT2D eigenvalue weighted by Crippen LogP contribution is -2.56. The Balaban J connectivity index is 1.13. The molecule has 0 radical (unpaired) electrons. The summed E-state index contributed by atoms with van der Waals surface area (Å²) in [5.74, 6) is -5.64. The number of benzene rings is 3. The molecule has 8 rings (SSSR count). The number of ether oxygens (including phenoxy) is 9. The zero-order valence-electron chi connectivity index (χ0n) is 31.4. The van der Waals surface area contributed by atoms with Crippen molar-refractivity contribution in [2.45, 2.75) is 76.6 Å². The molecule has 4 aliphatic heterocycles. The van der Waals surface area contributed by atoms with Gasteiger partial charge >= 0.3 is 0 Å². The Kier molecular flexibility index (Phi) is 10.0. The number of aliphatic imine (C=N–C) groups is 1. The largest absolute Gasteiger partial charge is 0.485 e. The lowest BCUT2D eigenvalue weighted by Gasteiger charge is -2.37. The Morgan fingerprint density at radius 1 is 0.821 bits per heavy atom. The van der Waals surface area contributed by atoms with Crippen molar-refractivity contribution in [3.05, 3.63) is 101 Å². The predicted molar refractivity (Wildman–Crippen MR) is 195 cm³/mol. The molecule has 5 atom stereocenters. The molecule has 0 bridgehead atoms. The number of nitriles is 1. The lowest BCUT2D eigenvalue weighted by molar-refractivity contribution is -0.238. The molecule has 15 heteroatoms. The summed E-state index contributed by atoms with van der Waals surface area (Å²) in [6, 6.07) is 22.7. The SMILES string of the molecule is CN1CCN=C1c1cccc(Oc2nc(Oc3cc(C#N)ccc3OCc3ccccc3)c(F)c(OCC3OC4OC(C)(C)OC4C4OC(C)(C)OC34)c2F)c1. The van der Waals surface area contributed by atoms with Gasteiger partial charge in [0.2, 0.25) is 17.4 Å². The van der Waals surface area contributed by atoms with Crippen molar-refractivity contribution in [1.82, 2.24) is 9.88 Å². The molecule has 1 aromatic heterocycles. The van der Waals surface area contributed by atoms with Gasteiger partial charge < -0.3 is 47.5 Å². The third kappa shape index (κ3) is 7.71. The third-order valence-corrected chi connectivity index (χ3v) is 9.50. The van der Waals surface area contributed by atoms with E-state index in [2.05, 4.69) is 9.98 Å². The Morgan fingerprint density at radius 2 is 1.55 bits per heavy atom. The molecule has 4 aromatic rings. The minimum Gasteiger partial charge on any atom is -0.485 e. The van der Waals surface area contributed by atoms with Gasteiger partial charge in [0.25, 0.3) is 11.8 Å². The van der Waals surface area contributed by atoms with Gasteiger partial charge in [0.05, 0.1) is 18.2 Å². The molecule has 4 aliphatic rings. The first-order valence-corrected chi connectivity index (χ1v) is 18.2. The van der Waals surface area contributed by atoms with Crippen LogP contribution in [0.15, 0.2) is 77.8 Å². The third-order valence-electron chi connectivity index (χ3n) is 9.50. The second-order valence-corrected chi connectivity index (χ2v) is 14.6. The number of aromatic nitrogens is 1. The van der Waals surface area contributed by atoms with Crippen molar-refractivity contribution in [1.29, 1.82) is 5.26 Å². The van der Waals surface area contributed by atoms with E-state index in [-0.39, 0.29) is 29.4 Å². The Morgan fingerprint density at radius 3 is 2.30 bits per heavy atom. The van der Waals surface area contributed by atoms with Gasteiger partial charge in [-0.05, 0) is 57.5 Å². The summed E-state index contributed by atoms with van der Waals surface area (Å²) in [7, 11) is 1.92. The van der Waals surface area contributed by atoms with Crippen LogP contribution in [0.4, 0.5) is 8.78 Å². The van der Waals surface area contributed by atoms with E-state index >= 15 is 8.78 Å². The van der Waals surface area contributed by atoms with Crippen molar-refractivity contribution >= 4 is 5.84 Å². The van der Waals surface area contributed by atoms with E-state index in [1.54, 1.807) is 45.9 Å². The van der Waals surface area contributed by atoms with E-state index in [4.69, 9.17) is 42.6 Å². The standard InChI is InChI=1S/C41H40F2N4O9/c1-40(2)53-32-29(52-39-35(34(32)54-40)55-41(3,4)56-39)22-49-33-30(42)37(50-26-13-9-12-25(19-26)36-45-16-17-47(36)5)46-38(31(33)43)51-28-18-24(20-44)14-15-27(28)48-21-23-10-7-6-8-11-23/h6-15,18-19,29,32,34-35,39H,16-17,21-22H2,1-5H3. The lowest BCUT2D eigenvalue weighted by atomic mass is 9.99. The van der Waals surface area contributed by atoms with Crippen LogP contribution in [0, 0.1) is 23.0 Å². The molecule has 56 heavy (non-hydrogen) atoms. The molecule has 0 amide bonds. The van der Waals surface area contributed by atoms with Crippen LogP contribution in [0.1, 0.15) is 44.4 Å². The zero-order chi connectivity index (χ0) is 39.2. The first-order valence-electron chi connectivity index (χ1n) is 18.2. The number of halogens is 2. The number of fused-ring (bicyclic) bond motifs is 3. The summed E-state index contributed by atoms with van der Waals surface area (Å²) in [6.45, 7) is 8.12. The summed E-state index contributed by atoms with van der Waals surface area (Å²) in [5, 5.41) is 9.68. The number of pyridine rings is 1. The normalized spacial score (nSPS) is 24.5. The summed E-state index contributed by atoms with van der Waals surface area (Å²) < 4.78 is 87.7. The molecule has 0 spiro atoms. The number of rotatable bonds is 11. The number of nitrogens with zero attached hydrogens (tertiary/aromatic N) is 4. The van der Waals surface area contributed by atoms with Crippen LogP contribution in [0.25, 0.3) is 0 Å². The fourth-order valence-electron chi connectivity index (χ4n) is 7.01. The van der Waals surface area contributed by atoms with Gasteiger partial charge in [-0.15, -0.1) is 0 Å². The average molecular weight is 771 g/mol. The van der Waals surface area contributed by atoms with Crippen LogP contribution in [0.3, 0.4) is 0 Å². The van der Waals surface area contributed by atoms with E-state index in [0.717, 1.165) is 23.5 Å². The molecule has 5 heterocycles. The predicted octanol–water partition coefficient (Wildman–Crippen LogP) is 6.86. The fraction of sp³-hybridized carbons (Fsp3) is 0.390. The van der Waals surface area contributed by atoms with Gasteiger partial charge in [-0.2, -0.15) is 19.0 Å². The highest BCUT2D eigenvalue weighted by Crippen LogP contribution is 2.45. The smallest absolute Gasteiger partial charge is 0.263 e. The van der Waals surface area contributed by atoms with Gasteiger partial charge in [0.1, 0.15) is 49.2 Å². The average Bonchev–Trinajstić information content (AvgIpc) is 3.85. The summed E-state index contributed by atoms with van der Waals surface area (Å²) >= 11 is 0. The minimum atomic E-state index is -1.28. The Hall–Kier alpha value is -5.37. The maximum Gasteiger partial charge on any atom is 0.263 e. The summed E-state index contributed by atoms with van der Waals surface area (Å²) in [5.41, 5.74) is 1.79. The molecule has 0 aliphatic carbocycles. The Labute approximate surface area is 322 Å². The monoisotopic (exact) mass is 770 g/mol. The van der Waals surface area contributed by atoms with Crippen molar-refractivity contribution in [2.24, 2.45) is 4.99 Å². The molecular weight excluding hydrogens is 730 g/mol. The molecule has 292 valence electrons. The van der Waals surface area contributed by atoms with Crippen molar-refractivity contribution < 1.29 is 51.4 Å². The molecule has 3 aromatic carbocycles. The molecular formula is C41H40F2N4O9. The minimum absolute atomic E-state index is 0.0524. The van der Waals surface area contributed by atoms with Crippen LogP contribution >= 0.6 is 0 Å². The van der Waals surface area contributed by atoms with Crippen LogP contribution in [0.2, 0.25) is 0 Å². The maximum absolute atomic E-state index is 16.6. The molecule has 3 saturated heterocycles. The summed E-state index contributed by atoms with van der Waals surface area (Å²) in [6.07, 6.45) is -3.75. The van der Waals surface area contributed by atoms with Crippen LogP contribution in [-0.4, -0.2) is 84.7 Å². The first kappa shape index (κ1) is 37.5. The fourth-order valence-corrected chi connectivity index (χ4v) is 7.01. The molecule has 13 nitrogen and oxygen atoms in total. The maximum atomic E-state index is 16.6. The van der Waals surface area contributed by atoms with Crippen LogP contribution in [-0.2, 0) is 30.3 Å². The van der Waals surface area contributed by atoms with E-state index < -0.39 is 78.0 Å². The molecule has 5 unspecified atom stereocenters. The number of amidine groups is 1. The second kappa shape index (κ2) is 14.9. The molecule has 3 fully saturated rings. The van der Waals surface area contributed by atoms with Gasteiger partial charge in [0, 0.05) is 25.2 Å². The van der Waals surface area contributed by atoms with Crippen molar-refractivity contribution in [2.75, 3.05) is 26.7 Å². The first-order chi connectivity index (χ1) is 26.9. The van der Waals surface area contributed by atoms with E-state index in [0.29, 0.717) is 6.54 Å². The van der Waals surface area contributed by atoms with Crippen LogP contribution < -0.4 is 18.9 Å². The highest BCUT2D eigenvalue weighted by molar-refractivity contribution is 5.99. The zero-order valence-corrected chi connectivity index (χ0v) is 31.4. The Bertz CT molecular complexity index is 2180. The van der Waals surface area contributed by atoms with Gasteiger partial charge in [0.15, 0.2) is 29.4 Å². The van der Waals surface area contributed by atoms with Gasteiger partial charge in [-0.3, -0.25) is 4.99 Å². The van der Waals surface area contributed by atoms with Gasteiger partial charge in [-0.1, -0.05) is 42.5 Å². The molecule has 0 N–H and O–H groups in total. The number of likely N-dealkylation sites (N-methyl/N-ethyl adjacent to an activating group) is 1. The van der Waals surface area contributed by atoms with Gasteiger partial charge in [-0.25, -0.2) is 0 Å². The topological polar surface area (TPSA) is 135 Å². The highest BCUT2D eigenvalue weighted by Gasteiger charge is 2.61.